The quantitative estimate of drug-likeness (QED) is 0.510. The van der Waals surface area contributed by atoms with Crippen molar-refractivity contribution >= 4 is 11.8 Å². The average molecular weight is 452 g/mol. The van der Waals surface area contributed by atoms with Gasteiger partial charge in [-0.25, -0.2) is 4.39 Å². The van der Waals surface area contributed by atoms with Crippen LogP contribution in [0, 0.1) is 18.7 Å². The van der Waals surface area contributed by atoms with Crippen LogP contribution in [0.1, 0.15) is 35.3 Å². The van der Waals surface area contributed by atoms with Crippen LogP contribution in [0.5, 0.6) is 0 Å². The van der Waals surface area contributed by atoms with Crippen LogP contribution < -0.4 is 4.90 Å². The van der Waals surface area contributed by atoms with Gasteiger partial charge in [0, 0.05) is 30.8 Å². The Bertz CT molecular complexity index is 1070. The summed E-state index contributed by atoms with van der Waals surface area (Å²) in [6, 6.07) is 13.8. The molecule has 2 heterocycles. The molecule has 1 aromatic heterocycles. The molecule has 0 atom stereocenters. The van der Waals surface area contributed by atoms with E-state index in [1.807, 2.05) is 36.1 Å². The van der Waals surface area contributed by atoms with Crippen LogP contribution >= 0.6 is 0 Å². The predicted molar refractivity (Wildman–Crippen MR) is 126 cm³/mol. The molecule has 1 aliphatic rings. The Balaban J connectivity index is 1.72. The first-order valence-corrected chi connectivity index (χ1v) is 11.4. The van der Waals surface area contributed by atoms with Gasteiger partial charge in [0.2, 0.25) is 5.88 Å². The summed E-state index contributed by atoms with van der Waals surface area (Å²) in [7, 11) is 0. The van der Waals surface area contributed by atoms with Crippen LogP contribution in [0.3, 0.4) is 0 Å². The molecule has 4 rings (SSSR count). The number of morpholine rings is 1. The minimum absolute atomic E-state index is 0.0390. The van der Waals surface area contributed by atoms with Gasteiger partial charge in [-0.2, -0.15) is 0 Å². The molecule has 0 aliphatic carbocycles. The Hall–Kier alpha value is -3.19. The standard InChI is InChI=1S/C26H30FN3O3/c1-18(2)16-30(25(31)21-6-4-19(3)5-7-21)17-23-24(20-8-10-22(27)11-9-20)28-33-26(23)29-12-14-32-15-13-29/h4-11,18H,12-17H2,1-3H3. The number of ether oxygens (including phenoxy) is 1. The predicted octanol–water partition coefficient (Wildman–Crippen LogP) is 4.92. The van der Waals surface area contributed by atoms with Gasteiger partial charge in [0.1, 0.15) is 11.5 Å². The maximum Gasteiger partial charge on any atom is 0.254 e. The van der Waals surface area contributed by atoms with Crippen LogP contribution in [-0.4, -0.2) is 48.8 Å². The fraction of sp³-hybridized carbons (Fsp3) is 0.385. The van der Waals surface area contributed by atoms with Crippen LogP contribution in [0.4, 0.5) is 10.3 Å². The third-order valence-corrected chi connectivity index (χ3v) is 5.70. The summed E-state index contributed by atoms with van der Waals surface area (Å²) in [6.45, 7) is 9.67. The second-order valence-corrected chi connectivity index (χ2v) is 8.87. The molecule has 1 amide bonds. The van der Waals surface area contributed by atoms with E-state index in [0.29, 0.717) is 56.5 Å². The number of halogens is 1. The highest BCUT2D eigenvalue weighted by Crippen LogP contribution is 2.33. The number of anilines is 1. The van der Waals surface area contributed by atoms with E-state index in [4.69, 9.17) is 9.26 Å². The minimum atomic E-state index is -0.312. The van der Waals surface area contributed by atoms with Crippen molar-refractivity contribution in [1.82, 2.24) is 10.1 Å². The van der Waals surface area contributed by atoms with Crippen molar-refractivity contribution < 1.29 is 18.4 Å². The fourth-order valence-corrected chi connectivity index (χ4v) is 4.02. The molecule has 6 nitrogen and oxygen atoms in total. The molecule has 0 bridgehead atoms. The number of benzene rings is 2. The van der Waals surface area contributed by atoms with E-state index >= 15 is 0 Å². The summed E-state index contributed by atoms with van der Waals surface area (Å²) in [4.78, 5) is 17.4. The van der Waals surface area contributed by atoms with Gasteiger partial charge in [-0.1, -0.05) is 36.7 Å². The molecule has 1 fully saturated rings. The van der Waals surface area contributed by atoms with Crippen LogP contribution in [-0.2, 0) is 11.3 Å². The van der Waals surface area contributed by atoms with Gasteiger partial charge in [-0.05, 0) is 49.2 Å². The smallest absolute Gasteiger partial charge is 0.254 e. The normalized spacial score (nSPS) is 14.0. The lowest BCUT2D eigenvalue weighted by Gasteiger charge is -2.29. The van der Waals surface area contributed by atoms with Crippen molar-refractivity contribution in [3.05, 3.63) is 71.0 Å². The topological polar surface area (TPSA) is 58.8 Å². The summed E-state index contributed by atoms with van der Waals surface area (Å²) in [5.74, 6) is 0.569. The lowest BCUT2D eigenvalue weighted by molar-refractivity contribution is 0.0722. The minimum Gasteiger partial charge on any atom is -0.378 e. The number of amides is 1. The van der Waals surface area contributed by atoms with Gasteiger partial charge in [-0.3, -0.25) is 4.79 Å². The molecular weight excluding hydrogens is 421 g/mol. The van der Waals surface area contributed by atoms with Crippen LogP contribution in [0.2, 0.25) is 0 Å². The molecule has 7 heteroatoms. The maximum atomic E-state index is 13.6. The zero-order chi connectivity index (χ0) is 23.4. The monoisotopic (exact) mass is 451 g/mol. The Labute approximate surface area is 193 Å². The Morgan fingerprint density at radius 3 is 2.39 bits per heavy atom. The molecule has 0 saturated carbocycles. The SMILES string of the molecule is Cc1ccc(C(=O)N(Cc2c(-c3ccc(F)cc3)noc2N2CCOCC2)CC(C)C)cc1. The Morgan fingerprint density at radius 2 is 1.76 bits per heavy atom. The first-order chi connectivity index (χ1) is 15.9. The maximum absolute atomic E-state index is 13.6. The number of aryl methyl sites for hydroxylation is 1. The van der Waals surface area contributed by atoms with Crippen molar-refractivity contribution in [2.75, 3.05) is 37.7 Å². The molecule has 0 unspecified atom stereocenters. The highest BCUT2D eigenvalue weighted by molar-refractivity contribution is 5.94. The van der Waals surface area contributed by atoms with Gasteiger partial charge in [0.05, 0.1) is 25.3 Å². The van der Waals surface area contributed by atoms with Crippen molar-refractivity contribution in [3.63, 3.8) is 0 Å². The number of rotatable bonds is 7. The molecule has 174 valence electrons. The fourth-order valence-electron chi connectivity index (χ4n) is 4.02. The average Bonchev–Trinajstić information content (AvgIpc) is 3.23. The van der Waals surface area contributed by atoms with E-state index < -0.39 is 0 Å². The molecule has 3 aromatic rings. The number of aromatic nitrogens is 1. The van der Waals surface area contributed by atoms with Crippen molar-refractivity contribution in [3.8, 4) is 11.3 Å². The number of nitrogens with zero attached hydrogens (tertiary/aromatic N) is 3. The van der Waals surface area contributed by atoms with Gasteiger partial charge >= 0.3 is 0 Å². The molecule has 1 aliphatic heterocycles. The molecule has 0 N–H and O–H groups in total. The summed E-state index contributed by atoms with van der Waals surface area (Å²) in [5.41, 5.74) is 3.96. The van der Waals surface area contributed by atoms with E-state index in [2.05, 4.69) is 23.9 Å². The van der Waals surface area contributed by atoms with E-state index in [9.17, 15) is 9.18 Å². The van der Waals surface area contributed by atoms with E-state index in [-0.39, 0.29) is 17.6 Å². The van der Waals surface area contributed by atoms with Gasteiger partial charge in [0.25, 0.3) is 5.91 Å². The van der Waals surface area contributed by atoms with Crippen LogP contribution in [0.25, 0.3) is 11.3 Å². The molecule has 0 spiro atoms. The van der Waals surface area contributed by atoms with Crippen molar-refractivity contribution in [1.29, 1.82) is 0 Å². The number of hydrogen-bond donors (Lipinski definition) is 0. The third kappa shape index (κ3) is 5.42. The van der Waals surface area contributed by atoms with Crippen LogP contribution in [0.15, 0.2) is 53.1 Å². The summed E-state index contributed by atoms with van der Waals surface area (Å²) >= 11 is 0. The number of hydrogen-bond acceptors (Lipinski definition) is 5. The van der Waals surface area contributed by atoms with Crippen molar-refractivity contribution in [2.45, 2.75) is 27.3 Å². The third-order valence-electron chi connectivity index (χ3n) is 5.70. The first kappa shape index (κ1) is 23.0. The summed E-state index contributed by atoms with van der Waals surface area (Å²) in [5, 5.41) is 4.35. The largest absolute Gasteiger partial charge is 0.378 e. The van der Waals surface area contributed by atoms with E-state index in [0.717, 1.165) is 16.7 Å². The second-order valence-electron chi connectivity index (χ2n) is 8.87. The lowest BCUT2D eigenvalue weighted by atomic mass is 10.0. The Morgan fingerprint density at radius 1 is 1.09 bits per heavy atom. The van der Waals surface area contributed by atoms with Gasteiger partial charge < -0.3 is 19.1 Å². The highest BCUT2D eigenvalue weighted by Gasteiger charge is 2.28. The second kappa shape index (κ2) is 10.2. The van der Waals surface area contributed by atoms with Gasteiger partial charge in [-0.15, -0.1) is 0 Å². The lowest BCUT2D eigenvalue weighted by Crippen LogP contribution is -2.38. The molecular formula is C26H30FN3O3. The molecule has 2 aromatic carbocycles. The van der Waals surface area contributed by atoms with Crippen molar-refractivity contribution in [2.24, 2.45) is 5.92 Å². The number of carbonyl (C=O) groups is 1. The zero-order valence-electron chi connectivity index (χ0n) is 19.4. The molecule has 33 heavy (non-hydrogen) atoms. The zero-order valence-corrected chi connectivity index (χ0v) is 19.4. The van der Waals surface area contributed by atoms with E-state index in [1.54, 1.807) is 12.1 Å². The highest BCUT2D eigenvalue weighted by atomic mass is 19.1. The number of carbonyl (C=O) groups excluding carboxylic acids is 1. The molecule has 1 saturated heterocycles. The summed E-state index contributed by atoms with van der Waals surface area (Å²) in [6.07, 6.45) is 0. The Kier molecular flexibility index (Phi) is 7.08. The van der Waals surface area contributed by atoms with E-state index in [1.165, 1.54) is 12.1 Å². The van der Waals surface area contributed by atoms with Gasteiger partial charge in [0.15, 0.2) is 0 Å². The first-order valence-electron chi connectivity index (χ1n) is 11.4. The molecule has 0 radical (unpaired) electrons. The summed E-state index contributed by atoms with van der Waals surface area (Å²) < 4.78 is 24.9.